The van der Waals surface area contributed by atoms with Gasteiger partial charge in [-0.3, -0.25) is 14.6 Å². The smallest absolute Gasteiger partial charge is 0.255 e. The van der Waals surface area contributed by atoms with Crippen LogP contribution in [-0.2, 0) is 17.6 Å². The van der Waals surface area contributed by atoms with Crippen molar-refractivity contribution in [3.05, 3.63) is 33.4 Å². The van der Waals surface area contributed by atoms with E-state index < -0.39 is 0 Å². The number of nitrogens with zero attached hydrogens (tertiary/aromatic N) is 3. The summed E-state index contributed by atoms with van der Waals surface area (Å²) in [6.45, 7) is 1.80. The molecule has 8 heteroatoms. The molecular weight excluding hydrogens is 306 g/mol. The zero-order valence-corrected chi connectivity index (χ0v) is 12.9. The second-order valence-electron chi connectivity index (χ2n) is 5.24. The maximum Gasteiger partial charge on any atom is 0.255 e. The molecule has 0 radical (unpaired) electrons. The van der Waals surface area contributed by atoms with Crippen LogP contribution in [0.1, 0.15) is 29.8 Å². The zero-order chi connectivity index (χ0) is 15.7. The van der Waals surface area contributed by atoms with Crippen LogP contribution in [0.25, 0.3) is 5.95 Å². The lowest BCUT2D eigenvalue weighted by Crippen LogP contribution is -2.21. The van der Waals surface area contributed by atoms with E-state index in [0.29, 0.717) is 17.5 Å². The van der Waals surface area contributed by atoms with Crippen LogP contribution in [0.4, 0.5) is 5.82 Å². The quantitative estimate of drug-likeness (QED) is 0.831. The fourth-order valence-corrected chi connectivity index (χ4v) is 2.74. The second kappa shape index (κ2) is 5.92. The van der Waals surface area contributed by atoms with Gasteiger partial charge in [-0.2, -0.15) is 9.78 Å². The van der Waals surface area contributed by atoms with E-state index in [-0.39, 0.29) is 23.8 Å². The Labute approximate surface area is 131 Å². The molecule has 0 saturated heterocycles. The first kappa shape index (κ1) is 14.8. The normalized spacial score (nSPS) is 13.2. The Balaban J connectivity index is 2.00. The third-order valence-electron chi connectivity index (χ3n) is 3.55. The van der Waals surface area contributed by atoms with Gasteiger partial charge in [0.15, 0.2) is 0 Å². The molecule has 0 saturated carbocycles. The highest BCUT2D eigenvalue weighted by molar-refractivity contribution is 6.19. The van der Waals surface area contributed by atoms with Crippen molar-refractivity contribution in [2.75, 3.05) is 11.2 Å². The van der Waals surface area contributed by atoms with Crippen LogP contribution in [0.15, 0.2) is 10.9 Å². The molecule has 2 N–H and O–H groups in total. The Morgan fingerprint density at radius 3 is 3.09 bits per heavy atom. The van der Waals surface area contributed by atoms with Gasteiger partial charge in [0.25, 0.3) is 5.56 Å². The number of carbonyl (C=O) groups excluding carboxylic acids is 1. The number of aromatic nitrogens is 4. The van der Waals surface area contributed by atoms with Crippen molar-refractivity contribution in [2.45, 2.75) is 32.6 Å². The van der Waals surface area contributed by atoms with Crippen LogP contribution >= 0.6 is 11.6 Å². The van der Waals surface area contributed by atoms with E-state index in [2.05, 4.69) is 20.4 Å². The predicted octanol–water partition coefficient (Wildman–Crippen LogP) is 1.32. The lowest BCUT2D eigenvalue weighted by atomic mass is 10.3. The predicted molar refractivity (Wildman–Crippen MR) is 82.7 cm³/mol. The molecule has 0 fully saturated rings. The summed E-state index contributed by atoms with van der Waals surface area (Å²) >= 11 is 5.57. The number of alkyl halides is 1. The molecule has 1 aliphatic rings. The summed E-state index contributed by atoms with van der Waals surface area (Å²) in [5, 5.41) is 7.03. The molecule has 2 aromatic heterocycles. The summed E-state index contributed by atoms with van der Waals surface area (Å²) in [4.78, 5) is 31.1. The largest absolute Gasteiger partial charge is 0.310 e. The number of anilines is 1. The van der Waals surface area contributed by atoms with Gasteiger partial charge in [-0.25, -0.2) is 4.98 Å². The van der Waals surface area contributed by atoms with E-state index in [1.165, 1.54) is 4.68 Å². The standard InChI is InChI=1S/C14H16ClN5O2/c1-8-7-11(17-12(21)5-6-15)20(19-8)14-16-10-4-2-3-9(10)13(22)18-14/h7H,2-6H2,1H3,(H,17,21)(H,16,18,22). The monoisotopic (exact) mass is 321 g/mol. The van der Waals surface area contributed by atoms with Crippen LogP contribution in [0.5, 0.6) is 0 Å². The van der Waals surface area contributed by atoms with Gasteiger partial charge in [-0.15, -0.1) is 11.6 Å². The van der Waals surface area contributed by atoms with Crippen molar-refractivity contribution >= 4 is 23.3 Å². The minimum Gasteiger partial charge on any atom is -0.310 e. The lowest BCUT2D eigenvalue weighted by Gasteiger charge is -2.08. The van der Waals surface area contributed by atoms with Crippen molar-refractivity contribution in [2.24, 2.45) is 0 Å². The van der Waals surface area contributed by atoms with Crippen molar-refractivity contribution < 1.29 is 4.79 Å². The van der Waals surface area contributed by atoms with Crippen LogP contribution in [-0.4, -0.2) is 31.5 Å². The van der Waals surface area contributed by atoms with Gasteiger partial charge in [0, 0.05) is 23.9 Å². The Morgan fingerprint density at radius 2 is 2.32 bits per heavy atom. The molecule has 7 nitrogen and oxygen atoms in total. The van der Waals surface area contributed by atoms with E-state index in [4.69, 9.17) is 11.6 Å². The second-order valence-corrected chi connectivity index (χ2v) is 5.62. The van der Waals surface area contributed by atoms with Crippen molar-refractivity contribution in [3.8, 4) is 5.95 Å². The first-order chi connectivity index (χ1) is 10.6. The van der Waals surface area contributed by atoms with Crippen LogP contribution < -0.4 is 10.9 Å². The first-order valence-electron chi connectivity index (χ1n) is 7.13. The molecule has 0 aliphatic heterocycles. The number of halogens is 1. The number of aryl methyl sites for hydroxylation is 2. The van der Waals surface area contributed by atoms with Crippen molar-refractivity contribution in [1.82, 2.24) is 19.7 Å². The molecule has 0 atom stereocenters. The SMILES string of the molecule is Cc1cc(NC(=O)CCCl)n(-c2nc3c(c(=O)[nH]2)CCC3)n1. The summed E-state index contributed by atoms with van der Waals surface area (Å²) < 4.78 is 1.45. The first-order valence-corrected chi connectivity index (χ1v) is 7.67. The van der Waals surface area contributed by atoms with E-state index in [1.807, 2.05) is 0 Å². The Bertz CT molecular complexity index is 780. The van der Waals surface area contributed by atoms with Crippen LogP contribution in [0.3, 0.4) is 0 Å². The number of H-pyrrole nitrogens is 1. The fraction of sp³-hybridized carbons (Fsp3) is 0.429. The number of aromatic amines is 1. The highest BCUT2D eigenvalue weighted by Gasteiger charge is 2.19. The maximum absolute atomic E-state index is 12.1. The molecule has 3 rings (SSSR count). The number of hydrogen-bond acceptors (Lipinski definition) is 4. The number of rotatable bonds is 4. The van der Waals surface area contributed by atoms with Gasteiger partial charge in [0.2, 0.25) is 11.9 Å². The van der Waals surface area contributed by atoms with Gasteiger partial charge in [-0.05, 0) is 26.2 Å². The average molecular weight is 322 g/mol. The lowest BCUT2D eigenvalue weighted by molar-refractivity contribution is -0.115. The molecule has 0 unspecified atom stereocenters. The molecule has 2 heterocycles. The van der Waals surface area contributed by atoms with Gasteiger partial charge >= 0.3 is 0 Å². The number of hydrogen-bond donors (Lipinski definition) is 2. The molecule has 1 aliphatic carbocycles. The van der Waals surface area contributed by atoms with E-state index in [1.54, 1.807) is 13.0 Å². The number of fused-ring (bicyclic) bond motifs is 1. The molecule has 0 aromatic carbocycles. The zero-order valence-electron chi connectivity index (χ0n) is 12.1. The van der Waals surface area contributed by atoms with Gasteiger partial charge in [-0.1, -0.05) is 0 Å². The number of nitrogens with one attached hydrogen (secondary N) is 2. The number of amides is 1. The summed E-state index contributed by atoms with van der Waals surface area (Å²) in [5.41, 5.74) is 2.14. The van der Waals surface area contributed by atoms with Gasteiger partial charge in [0.05, 0.1) is 11.4 Å². The van der Waals surface area contributed by atoms with Gasteiger partial charge < -0.3 is 5.32 Å². The molecule has 0 spiro atoms. The minimum absolute atomic E-state index is 0.135. The molecule has 2 aromatic rings. The fourth-order valence-electron chi connectivity index (χ4n) is 2.57. The van der Waals surface area contributed by atoms with Crippen LogP contribution in [0, 0.1) is 6.92 Å². The topological polar surface area (TPSA) is 92.7 Å². The highest BCUT2D eigenvalue weighted by atomic mass is 35.5. The maximum atomic E-state index is 12.1. The Morgan fingerprint density at radius 1 is 1.50 bits per heavy atom. The summed E-state index contributed by atoms with van der Waals surface area (Å²) in [7, 11) is 0. The molecule has 22 heavy (non-hydrogen) atoms. The molecule has 1 amide bonds. The van der Waals surface area contributed by atoms with Crippen molar-refractivity contribution in [1.29, 1.82) is 0 Å². The third-order valence-corrected chi connectivity index (χ3v) is 3.74. The Kier molecular flexibility index (Phi) is 3.98. The summed E-state index contributed by atoms with van der Waals surface area (Å²) in [5.74, 6) is 0.820. The minimum atomic E-state index is -0.209. The van der Waals surface area contributed by atoms with E-state index >= 15 is 0 Å². The van der Waals surface area contributed by atoms with Gasteiger partial charge in [0.1, 0.15) is 5.82 Å². The molecule has 0 bridgehead atoms. The Hall–Kier alpha value is -2.15. The van der Waals surface area contributed by atoms with E-state index in [9.17, 15) is 9.59 Å². The average Bonchev–Trinajstić information content (AvgIpc) is 3.05. The summed E-state index contributed by atoms with van der Waals surface area (Å²) in [6, 6.07) is 1.72. The van der Waals surface area contributed by atoms with E-state index in [0.717, 1.165) is 30.5 Å². The number of carbonyl (C=O) groups is 1. The highest BCUT2D eigenvalue weighted by Crippen LogP contribution is 2.19. The van der Waals surface area contributed by atoms with Crippen molar-refractivity contribution in [3.63, 3.8) is 0 Å². The van der Waals surface area contributed by atoms with Crippen LogP contribution in [0.2, 0.25) is 0 Å². The molecular formula is C14H16ClN5O2. The third kappa shape index (κ3) is 2.76. The summed E-state index contributed by atoms with van der Waals surface area (Å²) in [6.07, 6.45) is 2.70. The molecule has 116 valence electrons.